The lowest BCUT2D eigenvalue weighted by Crippen LogP contribution is -2.38. The Balaban J connectivity index is 2.54. The summed E-state index contributed by atoms with van der Waals surface area (Å²) in [6.45, 7) is 3.68. The number of nitrogens with zero attached hydrogens (tertiary/aromatic N) is 1. The van der Waals surface area contributed by atoms with E-state index in [0.717, 1.165) is 30.2 Å². The lowest BCUT2D eigenvalue weighted by molar-refractivity contribution is 0.280. The highest BCUT2D eigenvalue weighted by molar-refractivity contribution is 5.78. The highest BCUT2D eigenvalue weighted by Crippen LogP contribution is 2.42. The van der Waals surface area contributed by atoms with E-state index in [1.165, 1.54) is 5.57 Å². The highest BCUT2D eigenvalue weighted by atomic mass is 16.5. The van der Waals surface area contributed by atoms with Crippen molar-refractivity contribution >= 4 is 5.57 Å². The molecule has 0 saturated carbocycles. The molecule has 0 unspecified atom stereocenters. The summed E-state index contributed by atoms with van der Waals surface area (Å²) in [5.74, 6) is 8.39. The fourth-order valence-corrected chi connectivity index (χ4v) is 2.58. The predicted octanol–water partition coefficient (Wildman–Crippen LogP) is 1.92. The zero-order valence-electron chi connectivity index (χ0n) is 12.5. The molecule has 0 aromatic heterocycles. The third-order valence-corrected chi connectivity index (χ3v) is 3.59. The van der Waals surface area contributed by atoms with Crippen molar-refractivity contribution in [3.63, 3.8) is 0 Å². The summed E-state index contributed by atoms with van der Waals surface area (Å²) in [5.41, 5.74) is 2.18. The monoisotopic (exact) mass is 278 g/mol. The van der Waals surface area contributed by atoms with Crippen LogP contribution in [-0.4, -0.2) is 39.4 Å². The number of benzene rings is 1. The summed E-state index contributed by atoms with van der Waals surface area (Å²) < 4.78 is 16.3. The van der Waals surface area contributed by atoms with Crippen LogP contribution in [0, 0.1) is 5.92 Å². The standard InChI is InChI=1S/C15H22N2O3/c1-10-9-17(16)6-5-12(10)15-13(19-3)7-11(18-2)8-14(15)20-4/h5,7-8,10H,6,9,16H2,1-4H3/t10-/m0/s1. The number of hydrogen-bond donors (Lipinski definition) is 1. The molecule has 1 aliphatic heterocycles. The summed E-state index contributed by atoms with van der Waals surface area (Å²) in [5, 5.41) is 1.80. The van der Waals surface area contributed by atoms with Gasteiger partial charge in [0.15, 0.2) is 0 Å². The third-order valence-electron chi connectivity index (χ3n) is 3.59. The van der Waals surface area contributed by atoms with E-state index >= 15 is 0 Å². The second-order valence-electron chi connectivity index (χ2n) is 4.92. The molecule has 0 amide bonds. The van der Waals surface area contributed by atoms with E-state index in [9.17, 15) is 0 Å². The smallest absolute Gasteiger partial charge is 0.133 e. The lowest BCUT2D eigenvalue weighted by Gasteiger charge is -2.29. The fourth-order valence-electron chi connectivity index (χ4n) is 2.58. The Morgan fingerprint density at radius 1 is 1.10 bits per heavy atom. The van der Waals surface area contributed by atoms with Crippen molar-refractivity contribution in [1.82, 2.24) is 5.01 Å². The quantitative estimate of drug-likeness (QED) is 0.853. The van der Waals surface area contributed by atoms with Gasteiger partial charge in [0.2, 0.25) is 0 Å². The molecule has 0 spiro atoms. The van der Waals surface area contributed by atoms with Crippen molar-refractivity contribution in [2.45, 2.75) is 6.92 Å². The first-order chi connectivity index (χ1) is 9.60. The molecule has 2 N–H and O–H groups in total. The van der Waals surface area contributed by atoms with Gasteiger partial charge in [-0.05, 0) is 11.5 Å². The average molecular weight is 278 g/mol. The van der Waals surface area contributed by atoms with Gasteiger partial charge in [0.25, 0.3) is 0 Å². The molecule has 0 radical (unpaired) electrons. The van der Waals surface area contributed by atoms with E-state index in [-0.39, 0.29) is 0 Å². The van der Waals surface area contributed by atoms with E-state index in [0.29, 0.717) is 11.7 Å². The van der Waals surface area contributed by atoms with Gasteiger partial charge in [-0.2, -0.15) is 0 Å². The highest BCUT2D eigenvalue weighted by Gasteiger charge is 2.24. The zero-order valence-corrected chi connectivity index (χ0v) is 12.5. The first-order valence-electron chi connectivity index (χ1n) is 6.60. The first kappa shape index (κ1) is 14.7. The van der Waals surface area contributed by atoms with Crippen molar-refractivity contribution in [3.05, 3.63) is 23.8 Å². The van der Waals surface area contributed by atoms with E-state index in [4.69, 9.17) is 20.1 Å². The van der Waals surface area contributed by atoms with Crippen LogP contribution in [-0.2, 0) is 0 Å². The second-order valence-corrected chi connectivity index (χ2v) is 4.92. The van der Waals surface area contributed by atoms with Crippen molar-refractivity contribution in [2.75, 3.05) is 34.4 Å². The minimum Gasteiger partial charge on any atom is -0.496 e. The summed E-state index contributed by atoms with van der Waals surface area (Å²) >= 11 is 0. The fraction of sp³-hybridized carbons (Fsp3) is 0.467. The van der Waals surface area contributed by atoms with Gasteiger partial charge in [-0.3, -0.25) is 5.84 Å². The number of nitrogens with two attached hydrogens (primary N) is 1. The molecule has 5 nitrogen and oxygen atoms in total. The Kier molecular flexibility index (Phi) is 4.52. The molecule has 1 heterocycles. The van der Waals surface area contributed by atoms with Crippen molar-refractivity contribution in [2.24, 2.45) is 11.8 Å². The Labute approximate surface area is 119 Å². The molecule has 1 aliphatic rings. The molecule has 5 heteroatoms. The zero-order chi connectivity index (χ0) is 14.7. The number of hydrazine groups is 1. The molecule has 110 valence electrons. The lowest BCUT2D eigenvalue weighted by atomic mass is 9.89. The molecular weight excluding hydrogens is 256 g/mol. The van der Waals surface area contributed by atoms with Crippen molar-refractivity contribution < 1.29 is 14.2 Å². The van der Waals surface area contributed by atoms with Crippen LogP contribution in [0.2, 0.25) is 0 Å². The second kappa shape index (κ2) is 6.15. The van der Waals surface area contributed by atoms with Gasteiger partial charge in [0, 0.05) is 25.2 Å². The van der Waals surface area contributed by atoms with Crippen LogP contribution in [0.15, 0.2) is 18.2 Å². The van der Waals surface area contributed by atoms with Crippen LogP contribution in [0.4, 0.5) is 0 Å². The predicted molar refractivity (Wildman–Crippen MR) is 79.0 cm³/mol. The molecule has 0 aliphatic carbocycles. The molecule has 0 bridgehead atoms. The van der Waals surface area contributed by atoms with Gasteiger partial charge < -0.3 is 14.2 Å². The Hall–Kier alpha value is -1.72. The maximum Gasteiger partial charge on any atom is 0.133 e. The van der Waals surface area contributed by atoms with Gasteiger partial charge in [-0.15, -0.1) is 0 Å². The molecule has 1 aromatic carbocycles. The van der Waals surface area contributed by atoms with E-state index in [1.54, 1.807) is 26.3 Å². The first-order valence-corrected chi connectivity index (χ1v) is 6.60. The SMILES string of the molecule is COc1cc(OC)c(C2=CCN(N)C[C@@H]2C)c(OC)c1. The van der Waals surface area contributed by atoms with Crippen LogP contribution >= 0.6 is 0 Å². The van der Waals surface area contributed by atoms with Gasteiger partial charge in [-0.25, -0.2) is 5.01 Å². The maximum absolute atomic E-state index is 5.86. The van der Waals surface area contributed by atoms with Crippen LogP contribution in [0.25, 0.3) is 5.57 Å². The van der Waals surface area contributed by atoms with Gasteiger partial charge in [-0.1, -0.05) is 13.0 Å². The summed E-state index contributed by atoms with van der Waals surface area (Å²) in [6.07, 6.45) is 2.13. The normalized spacial score (nSPS) is 19.4. The molecule has 2 rings (SSSR count). The minimum absolute atomic E-state index is 0.310. The van der Waals surface area contributed by atoms with Crippen molar-refractivity contribution in [3.8, 4) is 17.2 Å². The average Bonchev–Trinajstić information content (AvgIpc) is 2.46. The van der Waals surface area contributed by atoms with Crippen molar-refractivity contribution in [1.29, 1.82) is 0 Å². The molecule has 20 heavy (non-hydrogen) atoms. The van der Waals surface area contributed by atoms with Gasteiger partial charge >= 0.3 is 0 Å². The van der Waals surface area contributed by atoms with Crippen LogP contribution in [0.3, 0.4) is 0 Å². The van der Waals surface area contributed by atoms with Gasteiger partial charge in [0.05, 0.1) is 26.9 Å². The van der Waals surface area contributed by atoms with Crippen LogP contribution in [0.5, 0.6) is 17.2 Å². The number of rotatable bonds is 4. The summed E-state index contributed by atoms with van der Waals surface area (Å²) in [7, 11) is 4.94. The largest absolute Gasteiger partial charge is 0.496 e. The Morgan fingerprint density at radius 2 is 1.70 bits per heavy atom. The molecular formula is C15H22N2O3. The maximum atomic E-state index is 5.86. The van der Waals surface area contributed by atoms with Crippen LogP contribution < -0.4 is 20.1 Å². The molecule has 1 atom stereocenters. The molecule has 0 saturated heterocycles. The third kappa shape index (κ3) is 2.73. The van der Waals surface area contributed by atoms with Gasteiger partial charge in [0.1, 0.15) is 17.2 Å². The minimum atomic E-state index is 0.310. The topological polar surface area (TPSA) is 57.0 Å². The van der Waals surface area contributed by atoms with E-state index in [2.05, 4.69) is 13.0 Å². The van der Waals surface area contributed by atoms with E-state index in [1.807, 2.05) is 12.1 Å². The summed E-state index contributed by atoms with van der Waals surface area (Å²) in [6, 6.07) is 3.75. The van der Waals surface area contributed by atoms with E-state index < -0.39 is 0 Å². The Bertz CT molecular complexity index is 489. The number of ether oxygens (including phenoxy) is 3. The number of methoxy groups -OCH3 is 3. The summed E-state index contributed by atoms with van der Waals surface area (Å²) in [4.78, 5) is 0. The van der Waals surface area contributed by atoms with Crippen LogP contribution in [0.1, 0.15) is 12.5 Å². The molecule has 0 fully saturated rings. The Morgan fingerprint density at radius 3 is 2.15 bits per heavy atom. The molecule has 1 aromatic rings. The number of hydrogen-bond acceptors (Lipinski definition) is 5.